The molecule has 71 valence electrons. The minimum absolute atomic E-state index is 0.609. The Balaban J connectivity index is 3.20. The highest BCUT2D eigenvalue weighted by Gasteiger charge is 2.35. The molecule has 0 unspecified atom stereocenters. The van der Waals surface area contributed by atoms with Crippen LogP contribution in [0.1, 0.15) is 17.6 Å². The van der Waals surface area contributed by atoms with Crippen molar-refractivity contribution < 1.29 is 22.0 Å². The highest BCUT2D eigenvalue weighted by Crippen LogP contribution is 2.35. The zero-order chi connectivity index (χ0) is 10.1. The SMILES string of the molecule is FC(F)c1[c]cccc1C(F)(F)F. The molecule has 0 atom stereocenters. The molecule has 1 rings (SSSR count). The van der Waals surface area contributed by atoms with Crippen molar-refractivity contribution in [2.24, 2.45) is 0 Å². The van der Waals surface area contributed by atoms with Crippen LogP contribution in [0.15, 0.2) is 18.2 Å². The Morgan fingerprint density at radius 1 is 1.23 bits per heavy atom. The summed E-state index contributed by atoms with van der Waals surface area (Å²) in [4.78, 5) is 0. The first kappa shape index (κ1) is 9.95. The van der Waals surface area contributed by atoms with Crippen LogP contribution in [0, 0.1) is 6.07 Å². The van der Waals surface area contributed by atoms with Crippen LogP contribution in [0.25, 0.3) is 0 Å². The smallest absolute Gasteiger partial charge is 0.205 e. The van der Waals surface area contributed by atoms with Crippen molar-refractivity contribution in [3.8, 4) is 0 Å². The predicted molar refractivity (Wildman–Crippen MR) is 35.2 cm³/mol. The Kier molecular flexibility index (Phi) is 2.54. The summed E-state index contributed by atoms with van der Waals surface area (Å²) in [7, 11) is 0. The van der Waals surface area contributed by atoms with Crippen LogP contribution in [-0.4, -0.2) is 0 Å². The topological polar surface area (TPSA) is 0 Å². The molecule has 1 aromatic carbocycles. The summed E-state index contributed by atoms with van der Waals surface area (Å²) in [6.07, 6.45) is -7.90. The first-order valence-electron chi connectivity index (χ1n) is 3.29. The molecule has 13 heavy (non-hydrogen) atoms. The van der Waals surface area contributed by atoms with E-state index in [0.717, 1.165) is 12.1 Å². The van der Waals surface area contributed by atoms with Gasteiger partial charge >= 0.3 is 6.18 Å². The van der Waals surface area contributed by atoms with Crippen LogP contribution in [0.3, 0.4) is 0 Å². The molecule has 1 radical (unpaired) electrons. The summed E-state index contributed by atoms with van der Waals surface area (Å²) >= 11 is 0. The van der Waals surface area contributed by atoms with Crippen molar-refractivity contribution in [1.82, 2.24) is 0 Å². The van der Waals surface area contributed by atoms with Crippen molar-refractivity contribution >= 4 is 0 Å². The fourth-order valence-electron chi connectivity index (χ4n) is 0.877. The second-order valence-electron chi connectivity index (χ2n) is 2.30. The molecule has 1 aromatic rings. The van der Waals surface area contributed by atoms with Gasteiger partial charge in [0.05, 0.1) is 5.56 Å². The molecular weight excluding hydrogens is 191 g/mol. The molecular formula is C8H4F5. The first-order chi connectivity index (χ1) is 5.93. The normalized spacial score (nSPS) is 12.2. The first-order valence-corrected chi connectivity index (χ1v) is 3.29. The number of hydrogen-bond donors (Lipinski definition) is 0. The standard InChI is InChI=1S/C8H4F5/c9-7(10)5-3-1-2-4-6(5)8(11,12)13/h1-2,4,7H. The molecule has 0 N–H and O–H groups in total. The highest BCUT2D eigenvalue weighted by molar-refractivity contribution is 5.29. The lowest BCUT2D eigenvalue weighted by Crippen LogP contribution is -2.09. The molecule has 5 heteroatoms. The third kappa shape index (κ3) is 2.17. The van der Waals surface area contributed by atoms with Crippen molar-refractivity contribution in [2.75, 3.05) is 0 Å². The summed E-state index contributed by atoms with van der Waals surface area (Å²) in [5, 5.41) is 0. The molecule has 0 bridgehead atoms. The van der Waals surface area contributed by atoms with Gasteiger partial charge in [-0.1, -0.05) is 12.1 Å². The molecule has 0 aliphatic rings. The second kappa shape index (κ2) is 3.32. The van der Waals surface area contributed by atoms with Gasteiger partial charge in [0.2, 0.25) is 0 Å². The summed E-state index contributed by atoms with van der Waals surface area (Å²) in [5.74, 6) is 0. The van der Waals surface area contributed by atoms with E-state index < -0.39 is 23.7 Å². The lowest BCUT2D eigenvalue weighted by atomic mass is 10.1. The Morgan fingerprint density at radius 3 is 2.23 bits per heavy atom. The van der Waals surface area contributed by atoms with E-state index in [1.807, 2.05) is 6.07 Å². The fourth-order valence-corrected chi connectivity index (χ4v) is 0.877. The molecule has 0 saturated carbocycles. The number of benzene rings is 1. The Bertz CT molecular complexity index is 289. The van der Waals surface area contributed by atoms with E-state index in [4.69, 9.17) is 0 Å². The predicted octanol–water partition coefficient (Wildman–Crippen LogP) is 3.44. The summed E-state index contributed by atoms with van der Waals surface area (Å²) in [5.41, 5.74) is -2.43. The van der Waals surface area contributed by atoms with Crippen LogP contribution in [0.5, 0.6) is 0 Å². The van der Waals surface area contributed by atoms with E-state index in [9.17, 15) is 22.0 Å². The van der Waals surface area contributed by atoms with Crippen molar-refractivity contribution in [3.05, 3.63) is 35.4 Å². The Labute approximate surface area is 71.0 Å². The quantitative estimate of drug-likeness (QED) is 0.602. The third-order valence-corrected chi connectivity index (χ3v) is 1.41. The van der Waals surface area contributed by atoms with Gasteiger partial charge in [-0.2, -0.15) is 13.2 Å². The van der Waals surface area contributed by atoms with Crippen LogP contribution < -0.4 is 0 Å². The third-order valence-electron chi connectivity index (χ3n) is 1.41. The van der Waals surface area contributed by atoms with Gasteiger partial charge in [-0.3, -0.25) is 0 Å². The summed E-state index contributed by atoms with van der Waals surface area (Å²) < 4.78 is 60.2. The van der Waals surface area contributed by atoms with Crippen LogP contribution >= 0.6 is 0 Å². The van der Waals surface area contributed by atoms with Crippen molar-refractivity contribution in [3.63, 3.8) is 0 Å². The maximum absolute atomic E-state index is 12.1. The largest absolute Gasteiger partial charge is 0.416 e. The summed E-state index contributed by atoms with van der Waals surface area (Å²) in [6.45, 7) is 0. The number of rotatable bonds is 1. The molecule has 0 amide bonds. The van der Waals surface area contributed by atoms with Crippen molar-refractivity contribution in [1.29, 1.82) is 0 Å². The molecule has 0 aliphatic carbocycles. The average Bonchev–Trinajstić information content (AvgIpc) is 2.03. The van der Waals surface area contributed by atoms with Crippen molar-refractivity contribution in [2.45, 2.75) is 12.6 Å². The van der Waals surface area contributed by atoms with Crippen LogP contribution in [0.4, 0.5) is 22.0 Å². The second-order valence-corrected chi connectivity index (χ2v) is 2.30. The lowest BCUT2D eigenvalue weighted by Gasteiger charge is -2.10. The molecule has 0 saturated heterocycles. The van der Waals surface area contributed by atoms with Gasteiger partial charge in [-0.05, 0) is 12.1 Å². The monoisotopic (exact) mass is 195 g/mol. The van der Waals surface area contributed by atoms with Gasteiger partial charge in [-0.25, -0.2) is 8.78 Å². The van der Waals surface area contributed by atoms with E-state index >= 15 is 0 Å². The Hall–Kier alpha value is -1.13. The number of halogens is 5. The minimum Gasteiger partial charge on any atom is -0.205 e. The van der Waals surface area contributed by atoms with E-state index in [-0.39, 0.29) is 0 Å². The Morgan fingerprint density at radius 2 is 1.85 bits per heavy atom. The molecule has 0 heterocycles. The molecule has 0 spiro atoms. The maximum Gasteiger partial charge on any atom is 0.416 e. The van der Waals surface area contributed by atoms with E-state index in [0.29, 0.717) is 6.07 Å². The van der Waals surface area contributed by atoms with Gasteiger partial charge in [0.15, 0.2) is 0 Å². The van der Waals surface area contributed by atoms with Gasteiger partial charge in [-0.15, -0.1) is 0 Å². The lowest BCUT2D eigenvalue weighted by molar-refractivity contribution is -0.139. The van der Waals surface area contributed by atoms with Crippen LogP contribution in [0.2, 0.25) is 0 Å². The maximum atomic E-state index is 12.1. The minimum atomic E-state index is -4.75. The zero-order valence-corrected chi connectivity index (χ0v) is 6.20. The molecule has 0 aromatic heterocycles. The van der Waals surface area contributed by atoms with E-state index in [2.05, 4.69) is 0 Å². The number of hydrogen-bond acceptors (Lipinski definition) is 0. The van der Waals surface area contributed by atoms with E-state index in [1.165, 1.54) is 0 Å². The van der Waals surface area contributed by atoms with Gasteiger partial charge in [0.25, 0.3) is 6.43 Å². The summed E-state index contributed by atoms with van der Waals surface area (Å²) in [6, 6.07) is 4.53. The molecule has 0 nitrogen and oxygen atoms in total. The molecule has 0 aliphatic heterocycles. The number of alkyl halides is 5. The zero-order valence-electron chi connectivity index (χ0n) is 6.20. The van der Waals surface area contributed by atoms with Crippen LogP contribution in [-0.2, 0) is 6.18 Å². The van der Waals surface area contributed by atoms with Gasteiger partial charge in [0.1, 0.15) is 0 Å². The van der Waals surface area contributed by atoms with E-state index in [1.54, 1.807) is 0 Å². The fraction of sp³-hybridized carbons (Fsp3) is 0.250. The highest BCUT2D eigenvalue weighted by atomic mass is 19.4. The van der Waals surface area contributed by atoms with Gasteiger partial charge in [0, 0.05) is 5.56 Å². The average molecular weight is 195 g/mol. The molecule has 0 fully saturated rings. The van der Waals surface area contributed by atoms with Gasteiger partial charge < -0.3 is 0 Å².